The van der Waals surface area contributed by atoms with Crippen molar-refractivity contribution in [2.75, 3.05) is 0 Å². The van der Waals surface area contributed by atoms with Crippen LogP contribution in [-0.2, 0) is 16.1 Å². The summed E-state index contributed by atoms with van der Waals surface area (Å²) in [5.74, 6) is -0.163. The normalized spacial score (nSPS) is 12.0. The number of fused-ring (bicyclic) bond motifs is 6. The molecule has 8 aromatic rings. The maximum atomic E-state index is 12.6. The van der Waals surface area contributed by atoms with E-state index in [-0.39, 0.29) is 14.0 Å². The van der Waals surface area contributed by atoms with Crippen molar-refractivity contribution in [2.24, 2.45) is 5.41 Å². The maximum Gasteiger partial charge on any atom is 0.311 e. The molecular weight excluding hydrogens is 576 g/mol. The predicted octanol–water partition coefficient (Wildman–Crippen LogP) is 11.3. The van der Waals surface area contributed by atoms with E-state index in [2.05, 4.69) is 149 Å². The number of hydrogen-bond donors (Lipinski definition) is 0. The molecule has 0 aliphatic rings. The molecule has 2 aromatic heterocycles. The molecule has 47 heavy (non-hydrogen) atoms. The number of ether oxygens (including phenoxy) is 1. The zero-order chi connectivity index (χ0) is 32.1. The van der Waals surface area contributed by atoms with Gasteiger partial charge in [0, 0.05) is 34.3 Å². The van der Waals surface area contributed by atoms with Crippen molar-refractivity contribution in [1.29, 1.82) is 0 Å². The summed E-state index contributed by atoms with van der Waals surface area (Å²) in [5.41, 5.74) is 9.79. The maximum absolute atomic E-state index is 12.6. The third kappa shape index (κ3) is 4.88. The van der Waals surface area contributed by atoms with E-state index in [9.17, 15) is 4.79 Å². The summed E-state index contributed by atoms with van der Waals surface area (Å²) in [7, 11) is 0. The van der Waals surface area contributed by atoms with Crippen LogP contribution in [0.4, 0.5) is 0 Å². The zero-order valence-electron chi connectivity index (χ0n) is 26.9. The van der Waals surface area contributed by atoms with E-state index in [0.29, 0.717) is 0 Å². The highest BCUT2D eigenvalue weighted by Gasteiger charge is 2.27. The summed E-state index contributed by atoms with van der Waals surface area (Å²) < 4.78 is 10.4. The Morgan fingerprint density at radius 3 is 1.47 bits per heavy atom. The topological polar surface area (TPSA) is 36.2 Å². The molecule has 0 radical (unpaired) electrons. The zero-order valence-corrected chi connectivity index (χ0v) is 26.9. The van der Waals surface area contributed by atoms with Crippen molar-refractivity contribution in [3.63, 3.8) is 0 Å². The number of nitrogens with zero attached hydrogens (tertiary/aromatic N) is 2. The molecule has 0 unspecified atom stereocenters. The summed E-state index contributed by atoms with van der Waals surface area (Å²) in [6.45, 7) is 6.14. The Morgan fingerprint density at radius 1 is 0.574 bits per heavy atom. The molecule has 0 aliphatic carbocycles. The molecular formula is C43H38N2O2. The van der Waals surface area contributed by atoms with Crippen LogP contribution in [0.5, 0.6) is 0 Å². The largest absolute Gasteiger partial charge is 0.460 e. The predicted molar refractivity (Wildman–Crippen MR) is 197 cm³/mol. The number of rotatable bonds is 7. The van der Waals surface area contributed by atoms with E-state index in [1.807, 2.05) is 20.8 Å². The molecule has 8 rings (SSSR count). The Kier molecular flexibility index (Phi) is 6.95. The number of para-hydroxylation sites is 3. The van der Waals surface area contributed by atoms with Gasteiger partial charge in [-0.15, -0.1) is 0 Å². The highest BCUT2D eigenvalue weighted by atomic mass is 16.5. The molecule has 4 heteroatoms. The van der Waals surface area contributed by atoms with Gasteiger partial charge in [0.05, 0.1) is 27.5 Å². The molecule has 6 aromatic carbocycles. The fourth-order valence-corrected chi connectivity index (χ4v) is 6.68. The number of carbonyl (C=O) groups is 1. The molecule has 0 saturated carbocycles. The molecule has 0 bridgehead atoms. The molecule has 4 nitrogen and oxygen atoms in total. The van der Waals surface area contributed by atoms with Crippen LogP contribution in [0.2, 0.25) is 0 Å². The summed E-state index contributed by atoms with van der Waals surface area (Å²) in [4.78, 5) is 12.6. The molecule has 232 valence electrons. The fourth-order valence-electron chi connectivity index (χ4n) is 6.68. The number of esters is 1. The standard InChI is InChI=1S/C43H36N2O2.H2/c1-4-43(2,3)42(46)47-28-29-17-26-41-37(27-29)36-13-7-10-16-40(36)45(41)33-24-20-31(21-25-33)30-18-22-32(23-19-30)44-38-14-8-5-11-34(38)35-12-6-9-15-39(35)44;/h5-27H,4,28H2,1-3H3;1H. The van der Waals surface area contributed by atoms with Crippen LogP contribution in [-0.4, -0.2) is 15.1 Å². The van der Waals surface area contributed by atoms with Crippen molar-refractivity contribution in [1.82, 2.24) is 9.13 Å². The Labute approximate surface area is 275 Å². The van der Waals surface area contributed by atoms with E-state index < -0.39 is 5.41 Å². The lowest BCUT2D eigenvalue weighted by Gasteiger charge is -2.20. The Bertz CT molecular complexity index is 2380. The van der Waals surface area contributed by atoms with Gasteiger partial charge in [-0.2, -0.15) is 0 Å². The first kappa shape index (κ1) is 28.8. The molecule has 0 aliphatic heterocycles. The first-order valence-electron chi connectivity index (χ1n) is 16.3. The van der Waals surface area contributed by atoms with Crippen LogP contribution in [0, 0.1) is 5.41 Å². The second-order valence-electron chi connectivity index (χ2n) is 13.0. The highest BCUT2D eigenvalue weighted by molar-refractivity contribution is 6.10. The molecule has 0 fully saturated rings. The van der Waals surface area contributed by atoms with Gasteiger partial charge in [0.1, 0.15) is 6.61 Å². The number of hydrogen-bond acceptors (Lipinski definition) is 2. The summed E-state index contributed by atoms with van der Waals surface area (Å²) in [6.07, 6.45) is 0.741. The van der Waals surface area contributed by atoms with Crippen molar-refractivity contribution in [3.05, 3.63) is 145 Å². The van der Waals surface area contributed by atoms with Crippen molar-refractivity contribution >= 4 is 49.6 Å². The van der Waals surface area contributed by atoms with E-state index in [1.54, 1.807) is 0 Å². The third-order valence-electron chi connectivity index (χ3n) is 9.71. The monoisotopic (exact) mass is 614 g/mol. The first-order chi connectivity index (χ1) is 22.9. The van der Waals surface area contributed by atoms with Gasteiger partial charge in [-0.25, -0.2) is 0 Å². The average molecular weight is 615 g/mol. The van der Waals surface area contributed by atoms with E-state index in [1.165, 1.54) is 38.3 Å². The minimum atomic E-state index is -0.485. The molecule has 0 spiro atoms. The number of aromatic nitrogens is 2. The van der Waals surface area contributed by atoms with Gasteiger partial charge in [-0.3, -0.25) is 4.79 Å². The van der Waals surface area contributed by atoms with Crippen LogP contribution < -0.4 is 0 Å². The molecule has 0 atom stereocenters. The van der Waals surface area contributed by atoms with E-state index in [4.69, 9.17) is 4.74 Å². The van der Waals surface area contributed by atoms with Crippen LogP contribution >= 0.6 is 0 Å². The second-order valence-corrected chi connectivity index (χ2v) is 13.0. The van der Waals surface area contributed by atoms with Gasteiger partial charge in [-0.1, -0.05) is 91.9 Å². The Hall–Kier alpha value is -5.61. The molecule has 0 saturated heterocycles. The molecule has 0 amide bonds. The minimum Gasteiger partial charge on any atom is -0.460 e. The number of carbonyl (C=O) groups excluding carboxylic acids is 1. The first-order valence-corrected chi connectivity index (χ1v) is 16.3. The molecule has 2 heterocycles. The quantitative estimate of drug-likeness (QED) is 0.167. The van der Waals surface area contributed by atoms with Crippen LogP contribution in [0.3, 0.4) is 0 Å². The summed E-state index contributed by atoms with van der Waals surface area (Å²) >= 11 is 0. The van der Waals surface area contributed by atoms with Gasteiger partial charge >= 0.3 is 5.97 Å². The third-order valence-corrected chi connectivity index (χ3v) is 9.71. The SMILES string of the molecule is CCC(C)(C)C(=O)OCc1ccc2c(c1)c1ccccc1n2-c1ccc(-c2ccc(-n3c4ccccc4c4ccccc43)cc2)cc1.[HH]. The number of benzene rings is 6. The van der Waals surface area contributed by atoms with Crippen molar-refractivity contribution in [3.8, 4) is 22.5 Å². The van der Waals surface area contributed by atoms with Gasteiger partial charge < -0.3 is 13.9 Å². The summed E-state index contributed by atoms with van der Waals surface area (Å²) in [6, 6.07) is 49.7. The summed E-state index contributed by atoms with van der Waals surface area (Å²) in [5, 5.41) is 4.86. The lowest BCUT2D eigenvalue weighted by Crippen LogP contribution is -2.25. The lowest BCUT2D eigenvalue weighted by molar-refractivity contribution is -0.155. The smallest absolute Gasteiger partial charge is 0.311 e. The van der Waals surface area contributed by atoms with E-state index in [0.717, 1.165) is 39.8 Å². The van der Waals surface area contributed by atoms with Gasteiger partial charge in [0.25, 0.3) is 0 Å². The Morgan fingerprint density at radius 2 is 1.00 bits per heavy atom. The van der Waals surface area contributed by atoms with Crippen LogP contribution in [0.25, 0.3) is 66.1 Å². The van der Waals surface area contributed by atoms with E-state index >= 15 is 0 Å². The van der Waals surface area contributed by atoms with Crippen LogP contribution in [0.15, 0.2) is 140 Å². The van der Waals surface area contributed by atoms with Crippen molar-refractivity contribution in [2.45, 2.75) is 33.8 Å². The second kappa shape index (κ2) is 11.3. The van der Waals surface area contributed by atoms with Gasteiger partial charge in [0.2, 0.25) is 0 Å². The van der Waals surface area contributed by atoms with Gasteiger partial charge in [0.15, 0.2) is 0 Å². The lowest BCUT2D eigenvalue weighted by atomic mass is 9.91. The Balaban J connectivity index is 0.00000364. The average Bonchev–Trinajstić information content (AvgIpc) is 3.63. The van der Waals surface area contributed by atoms with Crippen molar-refractivity contribution < 1.29 is 11.0 Å². The van der Waals surface area contributed by atoms with Crippen LogP contribution in [0.1, 0.15) is 34.2 Å². The minimum absolute atomic E-state index is 0. The molecule has 0 N–H and O–H groups in total. The van der Waals surface area contributed by atoms with Gasteiger partial charge in [-0.05, 0) is 91.6 Å². The highest BCUT2D eigenvalue weighted by Crippen LogP contribution is 2.35. The fraction of sp³-hybridized carbons (Fsp3) is 0.140.